The average molecular weight is 250 g/mol. The van der Waals surface area contributed by atoms with Gasteiger partial charge in [0.25, 0.3) is 0 Å². The van der Waals surface area contributed by atoms with Gasteiger partial charge in [-0.05, 0) is 5.92 Å². The van der Waals surface area contributed by atoms with Gasteiger partial charge in [-0.3, -0.25) is 0 Å². The molecule has 0 atom stereocenters. The fraction of sp³-hybridized carbons (Fsp3) is 1.00. The van der Waals surface area contributed by atoms with Crippen LogP contribution in [0, 0.1) is 5.92 Å². The van der Waals surface area contributed by atoms with E-state index in [1.165, 1.54) is 0 Å². The van der Waals surface area contributed by atoms with Gasteiger partial charge in [-0.15, -0.1) is 0 Å². The van der Waals surface area contributed by atoms with Crippen LogP contribution in [0.15, 0.2) is 0 Å². The van der Waals surface area contributed by atoms with Crippen molar-refractivity contribution in [3.63, 3.8) is 0 Å². The van der Waals surface area contributed by atoms with Gasteiger partial charge in [-0.2, -0.15) is 0 Å². The molecule has 0 aromatic rings. The van der Waals surface area contributed by atoms with Crippen molar-refractivity contribution in [2.75, 3.05) is 25.4 Å². The normalized spacial score (nSPS) is 13.0. The molecular formula is C11H26N2O2S. The Kier molecular flexibility index (Phi) is 7.19. The summed E-state index contributed by atoms with van der Waals surface area (Å²) in [5, 5.41) is 3.13. The molecule has 0 rings (SSSR count). The number of rotatable bonds is 8. The van der Waals surface area contributed by atoms with Crippen LogP contribution in [0.5, 0.6) is 0 Å². The summed E-state index contributed by atoms with van der Waals surface area (Å²) in [5.41, 5.74) is 0. The first-order valence-corrected chi connectivity index (χ1v) is 7.61. The molecule has 0 fully saturated rings. The zero-order chi connectivity index (χ0) is 12.8. The van der Waals surface area contributed by atoms with Crippen LogP contribution in [0.2, 0.25) is 0 Å². The highest BCUT2D eigenvalue weighted by Gasteiger charge is 2.20. The molecule has 16 heavy (non-hydrogen) atoms. The minimum Gasteiger partial charge on any atom is -0.313 e. The molecule has 0 aliphatic heterocycles. The van der Waals surface area contributed by atoms with Gasteiger partial charge in [0.1, 0.15) is 0 Å². The van der Waals surface area contributed by atoms with E-state index >= 15 is 0 Å². The van der Waals surface area contributed by atoms with E-state index in [-0.39, 0.29) is 5.75 Å². The maximum absolute atomic E-state index is 12.0. The van der Waals surface area contributed by atoms with Crippen LogP contribution in [0.1, 0.15) is 34.6 Å². The Morgan fingerprint density at radius 2 is 1.75 bits per heavy atom. The summed E-state index contributed by atoms with van der Waals surface area (Å²) in [5.74, 6) is 0.555. The van der Waals surface area contributed by atoms with Gasteiger partial charge < -0.3 is 5.32 Å². The van der Waals surface area contributed by atoms with Crippen molar-refractivity contribution in [3.05, 3.63) is 0 Å². The molecule has 0 radical (unpaired) electrons. The second-order valence-corrected chi connectivity index (χ2v) is 6.86. The first kappa shape index (κ1) is 15.9. The second-order valence-electron chi connectivity index (χ2n) is 4.77. The van der Waals surface area contributed by atoms with Crippen LogP contribution in [0.4, 0.5) is 0 Å². The van der Waals surface area contributed by atoms with Gasteiger partial charge in [-0.1, -0.05) is 34.6 Å². The Labute approximate surface area is 100 Å². The third-order valence-electron chi connectivity index (χ3n) is 2.23. The Morgan fingerprint density at radius 3 is 2.12 bits per heavy atom. The SMILES string of the molecule is CCN(CC(C)C)S(=O)(=O)CCNC(C)C. The van der Waals surface area contributed by atoms with E-state index in [9.17, 15) is 8.42 Å². The monoisotopic (exact) mass is 250 g/mol. The fourth-order valence-corrected chi connectivity index (χ4v) is 3.00. The molecule has 0 heterocycles. The van der Waals surface area contributed by atoms with Crippen LogP contribution in [0.3, 0.4) is 0 Å². The number of hydrogen-bond donors (Lipinski definition) is 1. The number of sulfonamides is 1. The summed E-state index contributed by atoms with van der Waals surface area (Å²) in [7, 11) is -3.09. The molecule has 5 heteroatoms. The lowest BCUT2D eigenvalue weighted by Crippen LogP contribution is -2.39. The molecule has 4 nitrogen and oxygen atoms in total. The summed E-state index contributed by atoms with van der Waals surface area (Å²) < 4.78 is 25.5. The van der Waals surface area contributed by atoms with E-state index in [4.69, 9.17) is 0 Å². The van der Waals surface area contributed by atoms with Crippen LogP contribution >= 0.6 is 0 Å². The minimum atomic E-state index is -3.09. The lowest BCUT2D eigenvalue weighted by Gasteiger charge is -2.22. The van der Waals surface area contributed by atoms with Crippen molar-refractivity contribution >= 4 is 10.0 Å². The number of hydrogen-bond acceptors (Lipinski definition) is 3. The van der Waals surface area contributed by atoms with E-state index in [2.05, 4.69) is 5.32 Å². The summed E-state index contributed by atoms with van der Waals surface area (Å²) in [6.07, 6.45) is 0. The molecule has 0 unspecified atom stereocenters. The van der Waals surface area contributed by atoms with E-state index < -0.39 is 10.0 Å². The Balaban J connectivity index is 4.27. The highest BCUT2D eigenvalue weighted by molar-refractivity contribution is 7.89. The molecule has 98 valence electrons. The molecular weight excluding hydrogens is 224 g/mol. The van der Waals surface area contributed by atoms with E-state index in [0.29, 0.717) is 31.6 Å². The Bertz CT molecular complexity index is 274. The first-order chi connectivity index (χ1) is 7.29. The summed E-state index contributed by atoms with van der Waals surface area (Å²) in [4.78, 5) is 0. The number of nitrogens with one attached hydrogen (secondary N) is 1. The number of nitrogens with zero attached hydrogens (tertiary/aromatic N) is 1. The van der Waals surface area contributed by atoms with E-state index in [1.54, 1.807) is 4.31 Å². The van der Waals surface area contributed by atoms with Crippen molar-refractivity contribution in [1.82, 2.24) is 9.62 Å². The molecule has 0 saturated heterocycles. The molecule has 0 aliphatic rings. The van der Waals surface area contributed by atoms with Gasteiger partial charge in [-0.25, -0.2) is 12.7 Å². The van der Waals surface area contributed by atoms with Gasteiger partial charge in [0.15, 0.2) is 0 Å². The van der Waals surface area contributed by atoms with Crippen LogP contribution in [-0.4, -0.2) is 44.2 Å². The van der Waals surface area contributed by atoms with Crippen LogP contribution < -0.4 is 5.32 Å². The quantitative estimate of drug-likeness (QED) is 0.706. The van der Waals surface area contributed by atoms with Gasteiger partial charge >= 0.3 is 0 Å². The molecule has 0 bridgehead atoms. The topological polar surface area (TPSA) is 49.4 Å². The maximum atomic E-state index is 12.0. The van der Waals surface area contributed by atoms with Crippen LogP contribution in [-0.2, 0) is 10.0 Å². The van der Waals surface area contributed by atoms with Crippen molar-refractivity contribution in [3.8, 4) is 0 Å². The smallest absolute Gasteiger partial charge is 0.215 e. The molecule has 0 aromatic carbocycles. The largest absolute Gasteiger partial charge is 0.313 e. The summed E-state index contributed by atoms with van der Waals surface area (Å²) >= 11 is 0. The van der Waals surface area contributed by atoms with Gasteiger partial charge in [0.05, 0.1) is 5.75 Å². The van der Waals surface area contributed by atoms with Crippen molar-refractivity contribution in [1.29, 1.82) is 0 Å². The van der Waals surface area contributed by atoms with Crippen molar-refractivity contribution < 1.29 is 8.42 Å². The lowest BCUT2D eigenvalue weighted by molar-refractivity contribution is 0.380. The molecule has 0 amide bonds. The predicted molar refractivity (Wildman–Crippen MR) is 69.0 cm³/mol. The highest BCUT2D eigenvalue weighted by atomic mass is 32.2. The Morgan fingerprint density at radius 1 is 1.19 bits per heavy atom. The van der Waals surface area contributed by atoms with Crippen LogP contribution in [0.25, 0.3) is 0 Å². The van der Waals surface area contributed by atoms with E-state index in [1.807, 2.05) is 34.6 Å². The minimum absolute atomic E-state index is 0.186. The molecule has 1 N–H and O–H groups in total. The third-order valence-corrected chi connectivity index (χ3v) is 4.14. The lowest BCUT2D eigenvalue weighted by atomic mass is 10.2. The highest BCUT2D eigenvalue weighted by Crippen LogP contribution is 2.05. The summed E-state index contributed by atoms with van der Waals surface area (Å²) in [6, 6.07) is 0.329. The zero-order valence-electron chi connectivity index (χ0n) is 11.2. The average Bonchev–Trinajstić information content (AvgIpc) is 2.12. The fourth-order valence-electron chi connectivity index (χ4n) is 1.45. The van der Waals surface area contributed by atoms with Gasteiger partial charge in [0, 0.05) is 25.7 Å². The van der Waals surface area contributed by atoms with Gasteiger partial charge in [0.2, 0.25) is 10.0 Å². The predicted octanol–water partition coefficient (Wildman–Crippen LogP) is 1.29. The third kappa shape index (κ3) is 6.45. The van der Waals surface area contributed by atoms with E-state index in [0.717, 1.165) is 0 Å². The molecule has 0 aromatic heterocycles. The maximum Gasteiger partial charge on any atom is 0.215 e. The first-order valence-electron chi connectivity index (χ1n) is 6.00. The Hall–Kier alpha value is -0.130. The molecule has 0 saturated carbocycles. The molecule has 0 spiro atoms. The zero-order valence-corrected chi connectivity index (χ0v) is 12.0. The standard InChI is InChI=1S/C11H26N2O2S/c1-6-13(9-10(2)3)16(14,15)8-7-12-11(4)5/h10-12H,6-9H2,1-5H3. The van der Waals surface area contributed by atoms with Crippen molar-refractivity contribution in [2.24, 2.45) is 5.92 Å². The van der Waals surface area contributed by atoms with Crippen molar-refractivity contribution in [2.45, 2.75) is 40.7 Å². The summed E-state index contributed by atoms with van der Waals surface area (Å²) in [6.45, 7) is 11.7. The molecule has 0 aliphatic carbocycles. The second kappa shape index (κ2) is 7.25.